The first-order valence-corrected chi connectivity index (χ1v) is 7.94. The highest BCUT2D eigenvalue weighted by molar-refractivity contribution is 5.87. The van der Waals surface area contributed by atoms with E-state index in [9.17, 15) is 22.4 Å². The van der Waals surface area contributed by atoms with Gasteiger partial charge < -0.3 is 10.2 Å². The van der Waals surface area contributed by atoms with Crippen molar-refractivity contribution in [3.63, 3.8) is 0 Å². The molecule has 0 aliphatic carbocycles. The SMILES string of the molecule is C=CC(=O)NC1Cc2ccccc2N(c2ccc(C(F)(F)F)cc2F)C1. The van der Waals surface area contributed by atoms with Crippen LogP contribution in [0.25, 0.3) is 0 Å². The Morgan fingerprint density at radius 1 is 1.19 bits per heavy atom. The third kappa shape index (κ3) is 3.56. The van der Waals surface area contributed by atoms with Crippen LogP contribution in [0.2, 0.25) is 0 Å². The Kier molecular flexibility index (Phi) is 4.71. The van der Waals surface area contributed by atoms with E-state index in [0.29, 0.717) is 18.2 Å². The van der Waals surface area contributed by atoms with Gasteiger partial charge in [0.1, 0.15) is 5.82 Å². The van der Waals surface area contributed by atoms with Crippen molar-refractivity contribution in [3.05, 3.63) is 72.1 Å². The van der Waals surface area contributed by atoms with Crippen LogP contribution < -0.4 is 10.2 Å². The zero-order chi connectivity index (χ0) is 18.9. The summed E-state index contributed by atoms with van der Waals surface area (Å²) in [6.45, 7) is 3.64. The molecule has 3 rings (SSSR count). The van der Waals surface area contributed by atoms with Crippen LogP contribution in [0.5, 0.6) is 0 Å². The van der Waals surface area contributed by atoms with E-state index in [2.05, 4.69) is 11.9 Å². The van der Waals surface area contributed by atoms with E-state index in [4.69, 9.17) is 0 Å². The Balaban J connectivity index is 2.00. The summed E-state index contributed by atoms with van der Waals surface area (Å²) in [6, 6.07) is 9.35. The summed E-state index contributed by atoms with van der Waals surface area (Å²) in [6.07, 6.45) is -2.93. The summed E-state index contributed by atoms with van der Waals surface area (Å²) in [5, 5.41) is 2.76. The van der Waals surface area contributed by atoms with E-state index < -0.39 is 17.6 Å². The summed E-state index contributed by atoms with van der Waals surface area (Å²) in [7, 11) is 0. The van der Waals surface area contributed by atoms with Gasteiger partial charge in [-0.1, -0.05) is 24.8 Å². The maximum Gasteiger partial charge on any atom is 0.416 e. The molecule has 1 heterocycles. The van der Waals surface area contributed by atoms with E-state index in [1.165, 1.54) is 0 Å². The van der Waals surface area contributed by atoms with Crippen molar-refractivity contribution in [2.24, 2.45) is 0 Å². The molecule has 1 N–H and O–H groups in total. The molecule has 0 spiro atoms. The van der Waals surface area contributed by atoms with Crippen LogP contribution >= 0.6 is 0 Å². The summed E-state index contributed by atoms with van der Waals surface area (Å²) in [5.74, 6) is -1.33. The first-order valence-electron chi connectivity index (χ1n) is 7.94. The molecule has 1 unspecified atom stereocenters. The number of halogens is 4. The number of para-hydroxylation sites is 1. The molecule has 1 amide bonds. The largest absolute Gasteiger partial charge is 0.416 e. The summed E-state index contributed by atoms with van der Waals surface area (Å²) in [5.41, 5.74) is 0.561. The number of hydrogen-bond donors (Lipinski definition) is 1. The molecule has 7 heteroatoms. The zero-order valence-electron chi connectivity index (χ0n) is 13.7. The highest BCUT2D eigenvalue weighted by atomic mass is 19.4. The second kappa shape index (κ2) is 6.82. The molecule has 0 saturated carbocycles. The van der Waals surface area contributed by atoms with Gasteiger partial charge in [-0.05, 0) is 42.3 Å². The van der Waals surface area contributed by atoms with Crippen molar-refractivity contribution < 1.29 is 22.4 Å². The summed E-state index contributed by atoms with van der Waals surface area (Å²) in [4.78, 5) is 13.2. The van der Waals surface area contributed by atoms with E-state index in [0.717, 1.165) is 23.8 Å². The summed E-state index contributed by atoms with van der Waals surface area (Å²) >= 11 is 0. The number of nitrogens with one attached hydrogen (secondary N) is 1. The maximum absolute atomic E-state index is 14.5. The number of amides is 1. The minimum atomic E-state index is -4.61. The fraction of sp³-hybridized carbons (Fsp3) is 0.211. The fourth-order valence-corrected chi connectivity index (χ4v) is 3.08. The monoisotopic (exact) mass is 364 g/mol. The number of nitrogens with zero attached hydrogens (tertiary/aromatic N) is 1. The third-order valence-electron chi connectivity index (χ3n) is 4.25. The van der Waals surface area contributed by atoms with Crippen molar-refractivity contribution in [1.29, 1.82) is 0 Å². The Bertz CT molecular complexity index is 848. The smallest absolute Gasteiger partial charge is 0.348 e. The standard InChI is InChI=1S/C19H16F4N2O/c1-2-18(26)24-14-9-12-5-3-4-6-16(12)25(11-14)17-8-7-13(10-15(17)20)19(21,22)23/h2-8,10,14H,1,9,11H2,(H,24,26). The molecule has 0 aromatic heterocycles. The minimum absolute atomic E-state index is 0.0306. The van der Waals surface area contributed by atoms with E-state index >= 15 is 0 Å². The van der Waals surface area contributed by atoms with Gasteiger partial charge in [-0.3, -0.25) is 4.79 Å². The number of alkyl halides is 3. The van der Waals surface area contributed by atoms with Crippen LogP contribution in [0, 0.1) is 5.82 Å². The molecule has 0 saturated heterocycles. The Hall–Kier alpha value is -2.83. The number of rotatable bonds is 3. The van der Waals surface area contributed by atoms with Crippen molar-refractivity contribution >= 4 is 17.3 Å². The molecule has 0 radical (unpaired) electrons. The van der Waals surface area contributed by atoms with Crippen LogP contribution in [0.15, 0.2) is 55.1 Å². The summed E-state index contributed by atoms with van der Waals surface area (Å²) < 4.78 is 52.8. The van der Waals surface area contributed by atoms with Gasteiger partial charge in [0.15, 0.2) is 0 Å². The van der Waals surface area contributed by atoms with E-state index in [1.54, 1.807) is 17.0 Å². The molecule has 1 aliphatic rings. The minimum Gasteiger partial charge on any atom is -0.348 e. The first-order chi connectivity index (χ1) is 12.3. The average Bonchev–Trinajstić information content (AvgIpc) is 2.60. The Morgan fingerprint density at radius 2 is 1.92 bits per heavy atom. The van der Waals surface area contributed by atoms with Gasteiger partial charge in [0.05, 0.1) is 17.3 Å². The van der Waals surface area contributed by atoms with Gasteiger partial charge in [-0.25, -0.2) is 4.39 Å². The lowest BCUT2D eigenvalue weighted by atomic mass is 9.97. The predicted octanol–water partition coefficient (Wildman–Crippen LogP) is 4.21. The fourth-order valence-electron chi connectivity index (χ4n) is 3.08. The maximum atomic E-state index is 14.5. The van der Waals surface area contributed by atoms with Crippen molar-refractivity contribution in [1.82, 2.24) is 5.32 Å². The number of benzene rings is 2. The molecule has 0 fully saturated rings. The van der Waals surface area contributed by atoms with Crippen molar-refractivity contribution in [2.75, 3.05) is 11.4 Å². The second-order valence-electron chi connectivity index (χ2n) is 6.02. The number of anilines is 2. The van der Waals surface area contributed by atoms with Crippen LogP contribution in [0.1, 0.15) is 11.1 Å². The molecular formula is C19H16F4N2O. The predicted molar refractivity (Wildman–Crippen MR) is 90.7 cm³/mol. The molecule has 0 bridgehead atoms. The van der Waals surface area contributed by atoms with Gasteiger partial charge in [-0.15, -0.1) is 0 Å². The lowest BCUT2D eigenvalue weighted by Gasteiger charge is -2.36. The number of carbonyl (C=O) groups is 1. The number of hydrogen-bond acceptors (Lipinski definition) is 2. The van der Waals surface area contributed by atoms with Crippen LogP contribution in [-0.2, 0) is 17.4 Å². The van der Waals surface area contributed by atoms with E-state index in [-0.39, 0.29) is 24.2 Å². The topological polar surface area (TPSA) is 32.3 Å². The van der Waals surface area contributed by atoms with Gasteiger partial charge in [0.2, 0.25) is 5.91 Å². The number of fused-ring (bicyclic) bond motifs is 1. The van der Waals surface area contributed by atoms with Crippen molar-refractivity contribution in [3.8, 4) is 0 Å². The average molecular weight is 364 g/mol. The van der Waals surface area contributed by atoms with Crippen molar-refractivity contribution in [2.45, 2.75) is 18.6 Å². The van der Waals surface area contributed by atoms with Crippen LogP contribution in [-0.4, -0.2) is 18.5 Å². The normalized spacial score (nSPS) is 16.8. The van der Waals surface area contributed by atoms with E-state index in [1.807, 2.05) is 12.1 Å². The molecule has 1 aliphatic heterocycles. The van der Waals surface area contributed by atoms with Gasteiger partial charge in [0.25, 0.3) is 0 Å². The molecule has 2 aromatic carbocycles. The van der Waals surface area contributed by atoms with Gasteiger partial charge >= 0.3 is 6.18 Å². The quantitative estimate of drug-likeness (QED) is 0.654. The van der Waals surface area contributed by atoms with Crippen LogP contribution in [0.4, 0.5) is 28.9 Å². The second-order valence-corrected chi connectivity index (χ2v) is 6.02. The molecule has 3 nitrogen and oxygen atoms in total. The van der Waals surface area contributed by atoms with Crippen LogP contribution in [0.3, 0.4) is 0 Å². The highest BCUT2D eigenvalue weighted by Gasteiger charge is 2.33. The highest BCUT2D eigenvalue weighted by Crippen LogP contribution is 2.37. The number of carbonyl (C=O) groups excluding carboxylic acids is 1. The lowest BCUT2D eigenvalue weighted by molar-refractivity contribution is -0.137. The molecular weight excluding hydrogens is 348 g/mol. The molecule has 1 atom stereocenters. The van der Waals surface area contributed by atoms with Gasteiger partial charge in [-0.2, -0.15) is 13.2 Å². The molecule has 26 heavy (non-hydrogen) atoms. The Labute approximate surface area is 147 Å². The Morgan fingerprint density at radius 3 is 2.58 bits per heavy atom. The molecule has 136 valence electrons. The third-order valence-corrected chi connectivity index (χ3v) is 4.25. The lowest BCUT2D eigenvalue weighted by Crippen LogP contribution is -2.46. The molecule has 2 aromatic rings. The van der Waals surface area contributed by atoms with Gasteiger partial charge in [0, 0.05) is 12.2 Å². The first kappa shape index (κ1) is 18.0. The zero-order valence-corrected chi connectivity index (χ0v) is 13.7.